The second kappa shape index (κ2) is 7.21. The van der Waals surface area contributed by atoms with Crippen LogP contribution in [0.5, 0.6) is 17.2 Å². The van der Waals surface area contributed by atoms with Crippen LogP contribution in [0.15, 0.2) is 30.3 Å². The summed E-state index contributed by atoms with van der Waals surface area (Å²) in [5.41, 5.74) is 2.46. The average Bonchev–Trinajstić information content (AvgIpc) is 2.43. The molecule has 0 radical (unpaired) electrons. The molecule has 0 unspecified atom stereocenters. The van der Waals surface area contributed by atoms with E-state index in [0.29, 0.717) is 11.5 Å². The Hall–Kier alpha value is -1.76. The van der Waals surface area contributed by atoms with E-state index >= 15 is 0 Å². The van der Waals surface area contributed by atoms with Crippen LogP contribution in [0.4, 0.5) is 0 Å². The second-order valence-electron chi connectivity index (χ2n) is 5.77. The molecule has 0 atom stereocenters. The normalized spacial score (nSPS) is 10.8. The van der Waals surface area contributed by atoms with Crippen molar-refractivity contribution in [2.24, 2.45) is 0 Å². The van der Waals surface area contributed by atoms with Crippen LogP contribution in [0.25, 0.3) is 0 Å². The van der Waals surface area contributed by atoms with Crippen LogP contribution in [0, 0.1) is 10.5 Å². The highest BCUT2D eigenvalue weighted by Crippen LogP contribution is 2.35. The molecule has 0 spiro atoms. The average molecular weight is 426 g/mol. The second-order valence-corrected chi connectivity index (χ2v) is 6.93. The minimum atomic E-state index is -0.853. The Morgan fingerprint density at radius 3 is 2.52 bits per heavy atom. The van der Waals surface area contributed by atoms with E-state index in [-0.39, 0.29) is 18.1 Å². The van der Waals surface area contributed by atoms with Gasteiger partial charge in [0.05, 0.1) is 9.99 Å². The van der Waals surface area contributed by atoms with Gasteiger partial charge in [0, 0.05) is 5.56 Å². The number of halogens is 1. The highest BCUT2D eigenvalue weighted by molar-refractivity contribution is 14.1. The number of benzene rings is 2. The molecule has 23 heavy (non-hydrogen) atoms. The van der Waals surface area contributed by atoms with Gasteiger partial charge in [-0.25, -0.2) is 0 Å². The van der Waals surface area contributed by atoms with E-state index in [4.69, 9.17) is 9.84 Å². The molecular weight excluding hydrogens is 407 g/mol. The van der Waals surface area contributed by atoms with Crippen LogP contribution < -0.4 is 4.74 Å². The van der Waals surface area contributed by atoms with Crippen LogP contribution >= 0.6 is 22.6 Å². The van der Waals surface area contributed by atoms with Gasteiger partial charge >= 0.3 is 5.97 Å². The first-order valence-electron chi connectivity index (χ1n) is 7.29. The fraction of sp³-hybridized carbons (Fsp3) is 0.278. The summed E-state index contributed by atoms with van der Waals surface area (Å²) in [5, 5.41) is 18.8. The Balaban J connectivity index is 2.33. The third kappa shape index (κ3) is 4.37. The highest BCUT2D eigenvalue weighted by atomic mass is 127. The van der Waals surface area contributed by atoms with E-state index in [1.54, 1.807) is 12.1 Å². The van der Waals surface area contributed by atoms with Crippen molar-refractivity contribution < 1.29 is 19.7 Å². The Bertz CT molecular complexity index is 715. The molecule has 5 heteroatoms. The lowest BCUT2D eigenvalue weighted by Gasteiger charge is -2.15. The Morgan fingerprint density at radius 1 is 1.26 bits per heavy atom. The van der Waals surface area contributed by atoms with Crippen LogP contribution in [0.3, 0.4) is 0 Å². The van der Waals surface area contributed by atoms with Crippen molar-refractivity contribution in [2.45, 2.75) is 33.1 Å². The number of rotatable bonds is 5. The maximum Gasteiger partial charge on any atom is 0.307 e. The summed E-state index contributed by atoms with van der Waals surface area (Å²) in [7, 11) is 0. The van der Waals surface area contributed by atoms with Crippen LogP contribution in [0.2, 0.25) is 0 Å². The zero-order chi connectivity index (χ0) is 17.1. The van der Waals surface area contributed by atoms with Crippen molar-refractivity contribution in [3.63, 3.8) is 0 Å². The number of hydrogen-bond donors (Lipinski definition) is 2. The zero-order valence-electron chi connectivity index (χ0n) is 13.3. The summed E-state index contributed by atoms with van der Waals surface area (Å²) in [6.07, 6.45) is -0.00612. The van der Waals surface area contributed by atoms with E-state index in [1.807, 2.05) is 39.0 Å². The minimum absolute atomic E-state index is 0.00612. The van der Waals surface area contributed by atoms with Crippen LogP contribution in [0.1, 0.15) is 36.5 Å². The smallest absolute Gasteiger partial charge is 0.307 e. The zero-order valence-corrected chi connectivity index (χ0v) is 15.4. The van der Waals surface area contributed by atoms with E-state index in [9.17, 15) is 9.90 Å². The monoisotopic (exact) mass is 426 g/mol. The Labute approximate surface area is 149 Å². The number of carboxylic acids is 1. The summed E-state index contributed by atoms with van der Waals surface area (Å²) >= 11 is 2.15. The number of aliphatic carboxylic acids is 1. The number of aryl methyl sites for hydroxylation is 1. The summed E-state index contributed by atoms with van der Waals surface area (Å²) in [4.78, 5) is 10.8. The number of aromatic hydroxyl groups is 1. The first kappa shape index (κ1) is 17.6. The third-order valence-electron chi connectivity index (χ3n) is 3.49. The molecule has 0 bridgehead atoms. The lowest BCUT2D eigenvalue weighted by molar-refractivity contribution is -0.136. The molecule has 122 valence electrons. The van der Waals surface area contributed by atoms with Gasteiger partial charge in [-0.2, -0.15) is 0 Å². The molecule has 2 aromatic rings. The molecule has 0 fully saturated rings. The molecule has 0 aliphatic rings. The molecule has 0 aliphatic carbocycles. The van der Waals surface area contributed by atoms with Crippen molar-refractivity contribution >= 4 is 28.6 Å². The van der Waals surface area contributed by atoms with Crippen molar-refractivity contribution in [3.8, 4) is 17.2 Å². The van der Waals surface area contributed by atoms with Gasteiger partial charge in [-0.1, -0.05) is 19.9 Å². The Morgan fingerprint density at radius 2 is 1.96 bits per heavy atom. The first-order chi connectivity index (χ1) is 10.8. The van der Waals surface area contributed by atoms with Gasteiger partial charge in [-0.05, 0) is 70.8 Å². The van der Waals surface area contributed by atoms with Gasteiger partial charge in [0.2, 0.25) is 0 Å². The molecule has 2 aromatic carbocycles. The fourth-order valence-electron chi connectivity index (χ4n) is 2.38. The summed E-state index contributed by atoms with van der Waals surface area (Å²) in [6, 6.07) is 8.84. The first-order valence-corrected chi connectivity index (χ1v) is 8.37. The predicted octanol–water partition coefficient (Wildman–Crippen LogP) is 4.85. The van der Waals surface area contributed by atoms with Gasteiger partial charge in [0.25, 0.3) is 0 Å². The molecule has 0 saturated heterocycles. The number of phenolic OH excluding ortho intramolecular Hbond substituents is 1. The summed E-state index contributed by atoms with van der Waals surface area (Å²) < 4.78 is 6.84. The highest BCUT2D eigenvalue weighted by Gasteiger charge is 2.13. The van der Waals surface area contributed by atoms with Gasteiger partial charge in [0.15, 0.2) is 0 Å². The van der Waals surface area contributed by atoms with E-state index in [2.05, 4.69) is 22.6 Å². The molecule has 4 nitrogen and oxygen atoms in total. The molecule has 0 saturated carbocycles. The van der Waals surface area contributed by atoms with Crippen molar-refractivity contribution in [1.29, 1.82) is 0 Å². The van der Waals surface area contributed by atoms with Gasteiger partial charge in [-0.3, -0.25) is 4.79 Å². The number of carboxylic acid groups (broad SMARTS) is 1. The van der Waals surface area contributed by atoms with Gasteiger partial charge in [-0.15, -0.1) is 0 Å². The predicted molar refractivity (Wildman–Crippen MR) is 97.5 cm³/mol. The molecule has 0 heterocycles. The quantitative estimate of drug-likeness (QED) is 0.672. The largest absolute Gasteiger partial charge is 0.508 e. The lowest BCUT2D eigenvalue weighted by Crippen LogP contribution is -2.02. The summed E-state index contributed by atoms with van der Waals surface area (Å²) in [5.74, 6) is 0.958. The minimum Gasteiger partial charge on any atom is -0.508 e. The lowest BCUT2D eigenvalue weighted by atomic mass is 10.0. The molecule has 2 rings (SSSR count). The molecule has 0 amide bonds. The maximum atomic E-state index is 10.8. The van der Waals surface area contributed by atoms with Crippen molar-refractivity contribution in [1.82, 2.24) is 0 Å². The number of phenols is 1. The van der Waals surface area contributed by atoms with Gasteiger partial charge in [0.1, 0.15) is 17.2 Å². The van der Waals surface area contributed by atoms with Crippen molar-refractivity contribution in [3.05, 3.63) is 50.6 Å². The third-order valence-corrected chi connectivity index (χ3v) is 4.29. The molecule has 2 N–H and O–H groups in total. The van der Waals surface area contributed by atoms with E-state index < -0.39 is 5.97 Å². The summed E-state index contributed by atoms with van der Waals surface area (Å²) in [6.45, 7) is 5.91. The van der Waals surface area contributed by atoms with Crippen LogP contribution in [-0.4, -0.2) is 16.2 Å². The standard InChI is InChI=1S/C18H19IO4/c1-10(2)14-9-13(4-5-16(14)20)23-18-11(3)6-12(7-15(18)19)8-17(21)22/h4-7,9-10,20H,8H2,1-3H3,(H,21,22). The van der Waals surface area contributed by atoms with Gasteiger partial charge < -0.3 is 14.9 Å². The topological polar surface area (TPSA) is 66.8 Å². The molecular formula is C18H19IO4. The maximum absolute atomic E-state index is 10.8. The number of ether oxygens (including phenoxy) is 1. The molecule has 0 aromatic heterocycles. The van der Waals surface area contributed by atoms with Crippen molar-refractivity contribution in [2.75, 3.05) is 0 Å². The van der Waals surface area contributed by atoms with E-state index in [0.717, 1.165) is 20.3 Å². The fourth-order valence-corrected chi connectivity index (χ4v) is 3.32. The SMILES string of the molecule is Cc1cc(CC(=O)O)cc(I)c1Oc1ccc(O)c(C(C)C)c1. The number of carbonyl (C=O) groups is 1. The molecule has 0 aliphatic heterocycles. The van der Waals surface area contributed by atoms with E-state index in [1.165, 1.54) is 0 Å². The number of hydrogen-bond acceptors (Lipinski definition) is 3. The Kier molecular flexibility index (Phi) is 5.51. The van der Waals surface area contributed by atoms with Crippen LogP contribution in [-0.2, 0) is 11.2 Å².